The van der Waals surface area contributed by atoms with Gasteiger partial charge in [0.25, 0.3) is 0 Å². The number of halogens is 3. The van der Waals surface area contributed by atoms with Crippen LogP contribution >= 0.6 is 0 Å². The SMILES string of the molecule is FC(F)(F)c1cc(-c2cnn3cc(CN4CC5(CCOCC5)C4)cnc23)ccn1. The van der Waals surface area contributed by atoms with Crippen LogP contribution in [0.5, 0.6) is 0 Å². The highest BCUT2D eigenvalue weighted by atomic mass is 19.4. The number of hydrogen-bond donors (Lipinski definition) is 0. The molecule has 0 radical (unpaired) electrons. The van der Waals surface area contributed by atoms with E-state index in [0.717, 1.165) is 63.5 Å². The summed E-state index contributed by atoms with van der Waals surface area (Å²) in [5.41, 5.74) is 1.98. The lowest BCUT2D eigenvalue weighted by molar-refractivity contribution is -0.141. The molecule has 1 spiro atoms. The Hall–Kier alpha value is -2.52. The van der Waals surface area contributed by atoms with Crippen LogP contribution in [0, 0.1) is 5.41 Å². The molecule has 2 saturated heterocycles. The van der Waals surface area contributed by atoms with Crippen molar-refractivity contribution in [3.8, 4) is 11.1 Å². The van der Waals surface area contributed by atoms with Crippen molar-refractivity contribution in [2.45, 2.75) is 25.6 Å². The molecule has 3 aromatic heterocycles. The Morgan fingerprint density at radius 3 is 2.66 bits per heavy atom. The zero-order valence-corrected chi connectivity index (χ0v) is 15.7. The van der Waals surface area contributed by atoms with Crippen LogP contribution in [-0.4, -0.2) is 50.8 Å². The fourth-order valence-corrected chi connectivity index (χ4v) is 4.34. The van der Waals surface area contributed by atoms with E-state index in [-0.39, 0.29) is 0 Å². The fraction of sp³-hybridized carbons (Fsp3) is 0.450. The summed E-state index contributed by atoms with van der Waals surface area (Å²) >= 11 is 0. The van der Waals surface area contributed by atoms with Crippen molar-refractivity contribution >= 4 is 5.65 Å². The van der Waals surface area contributed by atoms with E-state index in [2.05, 4.69) is 20.0 Å². The number of likely N-dealkylation sites (tertiary alicyclic amines) is 1. The Morgan fingerprint density at radius 2 is 1.90 bits per heavy atom. The predicted octanol–water partition coefficient (Wildman–Crippen LogP) is 3.42. The predicted molar refractivity (Wildman–Crippen MR) is 99.0 cm³/mol. The van der Waals surface area contributed by atoms with Crippen LogP contribution in [0.1, 0.15) is 24.1 Å². The second kappa shape index (κ2) is 6.77. The first-order chi connectivity index (χ1) is 13.9. The minimum atomic E-state index is -4.49. The second-order valence-electron chi connectivity index (χ2n) is 7.97. The summed E-state index contributed by atoms with van der Waals surface area (Å²) in [6.45, 7) is 4.62. The summed E-state index contributed by atoms with van der Waals surface area (Å²) in [5.74, 6) is 0. The van der Waals surface area contributed by atoms with Gasteiger partial charge in [-0.05, 0) is 30.5 Å². The zero-order valence-electron chi connectivity index (χ0n) is 15.7. The van der Waals surface area contributed by atoms with Crippen LogP contribution in [0.2, 0.25) is 0 Å². The molecule has 29 heavy (non-hydrogen) atoms. The maximum Gasteiger partial charge on any atom is 0.433 e. The van der Waals surface area contributed by atoms with Gasteiger partial charge in [0, 0.05) is 68.0 Å². The average molecular weight is 403 g/mol. The highest BCUT2D eigenvalue weighted by molar-refractivity contribution is 5.76. The van der Waals surface area contributed by atoms with Crippen LogP contribution in [0.15, 0.2) is 36.9 Å². The number of rotatable bonds is 3. The van der Waals surface area contributed by atoms with E-state index in [1.165, 1.54) is 6.07 Å². The highest BCUT2D eigenvalue weighted by Crippen LogP contribution is 2.40. The molecule has 0 amide bonds. The van der Waals surface area contributed by atoms with Crippen molar-refractivity contribution < 1.29 is 17.9 Å². The van der Waals surface area contributed by atoms with Gasteiger partial charge in [0.2, 0.25) is 0 Å². The molecule has 5 heterocycles. The molecule has 0 unspecified atom stereocenters. The van der Waals surface area contributed by atoms with E-state index < -0.39 is 11.9 Å². The van der Waals surface area contributed by atoms with Gasteiger partial charge in [0.15, 0.2) is 5.65 Å². The van der Waals surface area contributed by atoms with E-state index in [9.17, 15) is 13.2 Å². The molecule has 2 fully saturated rings. The Balaban J connectivity index is 1.34. The molecule has 5 rings (SSSR count). The Morgan fingerprint density at radius 1 is 1.10 bits per heavy atom. The summed E-state index contributed by atoms with van der Waals surface area (Å²) in [4.78, 5) is 10.3. The van der Waals surface area contributed by atoms with Gasteiger partial charge in [-0.2, -0.15) is 18.3 Å². The largest absolute Gasteiger partial charge is 0.433 e. The molecule has 0 bridgehead atoms. The first-order valence-corrected chi connectivity index (χ1v) is 9.58. The van der Waals surface area contributed by atoms with Gasteiger partial charge in [-0.3, -0.25) is 9.88 Å². The Kier molecular flexibility index (Phi) is 4.32. The summed E-state index contributed by atoms with van der Waals surface area (Å²) < 4.78 is 46.0. The molecule has 0 aromatic carbocycles. The molecule has 3 aromatic rings. The summed E-state index contributed by atoms with van der Waals surface area (Å²) in [5, 5.41) is 4.30. The number of pyridine rings is 1. The van der Waals surface area contributed by atoms with Crippen molar-refractivity contribution in [3.05, 3.63) is 48.2 Å². The van der Waals surface area contributed by atoms with Crippen LogP contribution in [-0.2, 0) is 17.5 Å². The van der Waals surface area contributed by atoms with E-state index in [1.807, 2.05) is 6.20 Å². The van der Waals surface area contributed by atoms with Gasteiger partial charge in [-0.1, -0.05) is 0 Å². The van der Waals surface area contributed by atoms with Gasteiger partial charge in [0.1, 0.15) is 5.69 Å². The number of alkyl halides is 3. The third-order valence-electron chi connectivity index (χ3n) is 5.85. The molecule has 9 heteroatoms. The molecule has 152 valence electrons. The maximum absolute atomic E-state index is 13.0. The van der Waals surface area contributed by atoms with Gasteiger partial charge in [-0.15, -0.1) is 0 Å². The first kappa shape index (κ1) is 18.5. The van der Waals surface area contributed by atoms with Crippen molar-refractivity contribution in [1.82, 2.24) is 24.5 Å². The lowest BCUT2D eigenvalue weighted by Gasteiger charge is -2.52. The standard InChI is InChI=1S/C20H20F3N5O/c21-20(22,23)17-7-15(1-4-24-17)16-9-26-28-11-14(8-25-18(16)28)10-27-12-19(13-27)2-5-29-6-3-19/h1,4,7-9,11H,2-3,5-6,10,12-13H2. The normalized spacial score (nSPS) is 19.6. The van der Waals surface area contributed by atoms with E-state index in [4.69, 9.17) is 4.74 Å². The van der Waals surface area contributed by atoms with Gasteiger partial charge < -0.3 is 4.74 Å². The molecule has 6 nitrogen and oxygen atoms in total. The molecular weight excluding hydrogens is 383 g/mol. The monoisotopic (exact) mass is 403 g/mol. The van der Waals surface area contributed by atoms with Crippen molar-refractivity contribution in [2.24, 2.45) is 5.41 Å². The zero-order chi connectivity index (χ0) is 20.1. The van der Waals surface area contributed by atoms with E-state index in [1.54, 1.807) is 16.9 Å². The van der Waals surface area contributed by atoms with Crippen LogP contribution in [0.3, 0.4) is 0 Å². The van der Waals surface area contributed by atoms with Crippen LogP contribution in [0.25, 0.3) is 16.8 Å². The summed E-state index contributed by atoms with van der Waals surface area (Å²) in [7, 11) is 0. The highest BCUT2D eigenvalue weighted by Gasteiger charge is 2.43. The molecule has 2 aliphatic rings. The fourth-order valence-electron chi connectivity index (χ4n) is 4.34. The van der Waals surface area contributed by atoms with Crippen molar-refractivity contribution in [2.75, 3.05) is 26.3 Å². The van der Waals surface area contributed by atoms with E-state index in [0.29, 0.717) is 22.2 Å². The number of nitrogens with zero attached hydrogens (tertiary/aromatic N) is 5. The van der Waals surface area contributed by atoms with Crippen LogP contribution < -0.4 is 0 Å². The maximum atomic E-state index is 13.0. The quantitative estimate of drug-likeness (QED) is 0.671. The lowest BCUT2D eigenvalue weighted by Crippen LogP contribution is -2.57. The van der Waals surface area contributed by atoms with Gasteiger partial charge in [0.05, 0.1) is 6.20 Å². The second-order valence-corrected chi connectivity index (χ2v) is 7.97. The van der Waals surface area contributed by atoms with E-state index >= 15 is 0 Å². The lowest BCUT2D eigenvalue weighted by atomic mass is 9.73. The molecular formula is C20H20F3N5O. The van der Waals surface area contributed by atoms with Gasteiger partial charge >= 0.3 is 6.18 Å². The summed E-state index contributed by atoms with van der Waals surface area (Å²) in [6, 6.07) is 2.56. The number of hydrogen-bond acceptors (Lipinski definition) is 5. The Bertz CT molecular complexity index is 1030. The first-order valence-electron chi connectivity index (χ1n) is 9.58. The number of fused-ring (bicyclic) bond motifs is 1. The third kappa shape index (κ3) is 3.49. The summed E-state index contributed by atoms with van der Waals surface area (Å²) in [6.07, 6.45) is 4.13. The average Bonchev–Trinajstić information content (AvgIpc) is 3.10. The molecule has 2 aliphatic heterocycles. The minimum Gasteiger partial charge on any atom is -0.381 e. The minimum absolute atomic E-state index is 0.395. The molecule has 0 N–H and O–H groups in total. The molecule has 0 atom stereocenters. The molecule has 0 aliphatic carbocycles. The van der Waals surface area contributed by atoms with Crippen molar-refractivity contribution in [1.29, 1.82) is 0 Å². The molecule has 0 saturated carbocycles. The number of aromatic nitrogens is 4. The van der Waals surface area contributed by atoms with Crippen LogP contribution in [0.4, 0.5) is 13.2 Å². The van der Waals surface area contributed by atoms with Gasteiger partial charge in [-0.25, -0.2) is 9.50 Å². The third-order valence-corrected chi connectivity index (χ3v) is 5.85. The number of ether oxygens (including phenoxy) is 1. The van der Waals surface area contributed by atoms with Crippen molar-refractivity contribution in [3.63, 3.8) is 0 Å². The Labute approximate surface area is 165 Å². The topological polar surface area (TPSA) is 55.5 Å². The smallest absolute Gasteiger partial charge is 0.381 e.